The van der Waals surface area contributed by atoms with E-state index in [-0.39, 0.29) is 32.1 Å². The molecule has 3 aromatic rings. The molecule has 2 aromatic heterocycles. The highest BCUT2D eigenvalue weighted by Crippen LogP contribution is 2.30. The topological polar surface area (TPSA) is 104 Å². The van der Waals surface area contributed by atoms with Crippen LogP contribution in [-0.4, -0.2) is 26.9 Å². The molecule has 0 unspecified atom stereocenters. The number of benzene rings is 1. The summed E-state index contributed by atoms with van der Waals surface area (Å²) >= 11 is 12.4. The highest BCUT2D eigenvalue weighted by molar-refractivity contribution is 7.14. The van der Waals surface area contributed by atoms with Crippen LogP contribution in [0.1, 0.15) is 26.5 Å². The quantitative estimate of drug-likeness (QED) is 0.501. The molecule has 0 saturated heterocycles. The Bertz CT molecular complexity index is 1070. The van der Waals surface area contributed by atoms with Crippen molar-refractivity contribution in [3.8, 4) is 5.75 Å². The normalized spacial score (nSPS) is 10.6. The van der Waals surface area contributed by atoms with Gasteiger partial charge in [0.15, 0.2) is 16.6 Å². The fourth-order valence-electron chi connectivity index (χ4n) is 2.21. The molecule has 12 heteroatoms. The van der Waals surface area contributed by atoms with Crippen molar-refractivity contribution in [3.63, 3.8) is 0 Å². The fourth-order valence-corrected chi connectivity index (χ4v) is 3.32. The number of nitrogens with one attached hydrogen (secondary N) is 2. The largest absolute Gasteiger partial charge is 0.504 e. The Hall–Kier alpha value is -2.82. The molecule has 3 rings (SSSR count). The molecule has 0 fully saturated rings. The number of thiazole rings is 1. The van der Waals surface area contributed by atoms with Crippen LogP contribution < -0.4 is 10.6 Å². The van der Waals surface area contributed by atoms with E-state index in [2.05, 4.69) is 20.6 Å². The summed E-state index contributed by atoms with van der Waals surface area (Å²) in [7, 11) is 0. The average Bonchev–Trinajstić information content (AvgIpc) is 3.13. The maximum atomic E-state index is 13.7. The maximum absolute atomic E-state index is 13.7. The number of nitrogens with zero attached hydrogens (tertiary/aromatic N) is 2. The third kappa shape index (κ3) is 4.61. The maximum Gasteiger partial charge on any atom is 0.275 e. The molecule has 0 saturated carbocycles. The fraction of sp³-hybridized carbons (Fsp3) is 0.0588. The molecule has 29 heavy (non-hydrogen) atoms. The highest BCUT2D eigenvalue weighted by Gasteiger charge is 2.20. The van der Waals surface area contributed by atoms with Gasteiger partial charge in [-0.05, 0) is 18.2 Å². The second-order valence-corrected chi connectivity index (χ2v) is 7.12. The van der Waals surface area contributed by atoms with Gasteiger partial charge in [0.2, 0.25) is 0 Å². The predicted molar refractivity (Wildman–Crippen MR) is 104 cm³/mol. The first kappa shape index (κ1) is 20.9. The molecule has 2 amide bonds. The zero-order valence-corrected chi connectivity index (χ0v) is 16.5. The Kier molecular flexibility index (Phi) is 6.26. The number of aromatic hydroxyl groups is 1. The van der Waals surface area contributed by atoms with Crippen molar-refractivity contribution in [3.05, 3.63) is 68.5 Å². The zero-order valence-electron chi connectivity index (χ0n) is 14.2. The Morgan fingerprint density at radius 3 is 2.52 bits per heavy atom. The van der Waals surface area contributed by atoms with E-state index < -0.39 is 35.7 Å². The smallest absolute Gasteiger partial charge is 0.275 e. The van der Waals surface area contributed by atoms with Crippen molar-refractivity contribution in [2.24, 2.45) is 0 Å². The number of carbonyl (C=O) groups excluding carboxylic acids is 2. The molecule has 0 bridgehead atoms. The summed E-state index contributed by atoms with van der Waals surface area (Å²) in [5, 5.41) is 13.8. The van der Waals surface area contributed by atoms with Gasteiger partial charge in [0.1, 0.15) is 22.3 Å². The SMILES string of the molecule is O=C(Nc1scnc1C(=O)NCc1c(F)cccc1F)c1cc(Cl)c(O)c(Cl)n1. The molecule has 3 N–H and O–H groups in total. The summed E-state index contributed by atoms with van der Waals surface area (Å²) in [4.78, 5) is 32.3. The van der Waals surface area contributed by atoms with E-state index in [0.717, 1.165) is 29.5 Å². The molecule has 0 aliphatic carbocycles. The number of hydrogen-bond donors (Lipinski definition) is 3. The van der Waals surface area contributed by atoms with Gasteiger partial charge < -0.3 is 15.7 Å². The molecule has 0 aliphatic rings. The number of anilines is 1. The summed E-state index contributed by atoms with van der Waals surface area (Å²) in [5.74, 6) is -3.58. The van der Waals surface area contributed by atoms with Crippen molar-refractivity contribution in [2.75, 3.05) is 5.32 Å². The van der Waals surface area contributed by atoms with E-state index in [9.17, 15) is 23.5 Å². The summed E-state index contributed by atoms with van der Waals surface area (Å²) < 4.78 is 27.3. The minimum absolute atomic E-state index is 0.0728. The number of aromatic nitrogens is 2. The minimum atomic E-state index is -0.802. The molecular formula is C17H10Cl2F2N4O3S. The first-order valence-corrected chi connectivity index (χ1v) is 9.42. The summed E-state index contributed by atoms with van der Waals surface area (Å²) in [6.45, 7) is -0.410. The third-order valence-electron chi connectivity index (χ3n) is 3.63. The van der Waals surface area contributed by atoms with Crippen LogP contribution in [0.5, 0.6) is 5.75 Å². The summed E-state index contributed by atoms with van der Waals surface area (Å²) in [6, 6.07) is 4.44. The van der Waals surface area contributed by atoms with E-state index in [0.29, 0.717) is 0 Å². The third-order valence-corrected chi connectivity index (χ3v) is 4.93. The Morgan fingerprint density at radius 1 is 1.17 bits per heavy atom. The van der Waals surface area contributed by atoms with Crippen LogP contribution in [0.4, 0.5) is 13.8 Å². The van der Waals surface area contributed by atoms with Gasteiger partial charge in [-0.1, -0.05) is 29.3 Å². The first-order chi connectivity index (χ1) is 13.8. The van der Waals surface area contributed by atoms with E-state index in [4.69, 9.17) is 23.2 Å². The van der Waals surface area contributed by atoms with Crippen LogP contribution in [0.3, 0.4) is 0 Å². The van der Waals surface area contributed by atoms with Crippen molar-refractivity contribution >= 4 is 51.4 Å². The second-order valence-electron chi connectivity index (χ2n) is 5.50. The van der Waals surface area contributed by atoms with Gasteiger partial charge in [0, 0.05) is 12.1 Å². The van der Waals surface area contributed by atoms with Crippen LogP contribution >= 0.6 is 34.5 Å². The first-order valence-electron chi connectivity index (χ1n) is 7.79. The van der Waals surface area contributed by atoms with Gasteiger partial charge in [0.05, 0.1) is 10.5 Å². The van der Waals surface area contributed by atoms with E-state index in [1.807, 2.05) is 0 Å². The highest BCUT2D eigenvalue weighted by atomic mass is 35.5. The van der Waals surface area contributed by atoms with Crippen LogP contribution in [-0.2, 0) is 6.54 Å². The number of pyridine rings is 1. The lowest BCUT2D eigenvalue weighted by molar-refractivity contribution is 0.0947. The van der Waals surface area contributed by atoms with Crippen molar-refractivity contribution in [1.82, 2.24) is 15.3 Å². The van der Waals surface area contributed by atoms with Crippen LogP contribution in [0.15, 0.2) is 29.8 Å². The Balaban J connectivity index is 1.73. The number of amides is 2. The van der Waals surface area contributed by atoms with Gasteiger partial charge >= 0.3 is 0 Å². The number of rotatable bonds is 5. The lowest BCUT2D eigenvalue weighted by Gasteiger charge is -2.08. The Labute approximate surface area is 176 Å². The van der Waals surface area contributed by atoms with Crippen molar-refractivity contribution in [2.45, 2.75) is 6.54 Å². The van der Waals surface area contributed by atoms with Crippen LogP contribution in [0.2, 0.25) is 10.2 Å². The predicted octanol–water partition coefficient (Wildman–Crippen LogP) is 4.01. The second kappa shape index (κ2) is 8.68. The molecule has 0 radical (unpaired) electrons. The number of hydrogen-bond acceptors (Lipinski definition) is 6. The molecule has 0 spiro atoms. The van der Waals surface area contributed by atoms with Gasteiger partial charge in [-0.15, -0.1) is 11.3 Å². The lowest BCUT2D eigenvalue weighted by atomic mass is 10.2. The summed E-state index contributed by atoms with van der Waals surface area (Å²) in [6.07, 6.45) is 0. The average molecular weight is 459 g/mol. The lowest BCUT2D eigenvalue weighted by Crippen LogP contribution is -2.26. The van der Waals surface area contributed by atoms with Crippen LogP contribution in [0, 0.1) is 11.6 Å². The molecule has 0 atom stereocenters. The number of carbonyl (C=O) groups is 2. The molecule has 1 aromatic carbocycles. The van der Waals surface area contributed by atoms with Crippen molar-refractivity contribution < 1.29 is 23.5 Å². The standard InChI is InChI=1S/C17H10Cl2F2N4O3S/c18-8-4-11(24-14(19)13(8)26)15(27)25-17-12(23-6-29-17)16(28)22-5-7-9(20)2-1-3-10(7)21/h1-4,6,26H,5H2,(H,22,28)(H,25,27). The van der Waals surface area contributed by atoms with Crippen LogP contribution in [0.25, 0.3) is 0 Å². The molecule has 150 valence electrons. The van der Waals surface area contributed by atoms with E-state index in [1.165, 1.54) is 11.6 Å². The van der Waals surface area contributed by atoms with E-state index >= 15 is 0 Å². The molecule has 7 nitrogen and oxygen atoms in total. The Morgan fingerprint density at radius 2 is 1.86 bits per heavy atom. The molecule has 0 aliphatic heterocycles. The minimum Gasteiger partial charge on any atom is -0.504 e. The monoisotopic (exact) mass is 458 g/mol. The van der Waals surface area contributed by atoms with E-state index in [1.54, 1.807) is 0 Å². The zero-order chi connectivity index (χ0) is 21.1. The molecular weight excluding hydrogens is 449 g/mol. The van der Waals surface area contributed by atoms with Gasteiger partial charge in [-0.25, -0.2) is 18.7 Å². The van der Waals surface area contributed by atoms with Crippen molar-refractivity contribution in [1.29, 1.82) is 0 Å². The van der Waals surface area contributed by atoms with Gasteiger partial charge in [0.25, 0.3) is 11.8 Å². The van der Waals surface area contributed by atoms with Gasteiger partial charge in [-0.3, -0.25) is 9.59 Å². The van der Waals surface area contributed by atoms with Gasteiger partial charge in [-0.2, -0.15) is 0 Å². The number of halogens is 4. The summed E-state index contributed by atoms with van der Waals surface area (Å²) in [5.41, 5.74) is 0.639. The molecule has 2 heterocycles.